The van der Waals surface area contributed by atoms with Crippen molar-refractivity contribution >= 4 is 0 Å². The lowest BCUT2D eigenvalue weighted by Crippen LogP contribution is -2.36. The average molecular weight is 235 g/mol. The summed E-state index contributed by atoms with van der Waals surface area (Å²) >= 11 is 0. The Morgan fingerprint density at radius 2 is 2.12 bits per heavy atom. The summed E-state index contributed by atoms with van der Waals surface area (Å²) in [5, 5.41) is 3.60. The Labute approximate surface area is 107 Å². The predicted molar refractivity (Wildman–Crippen MR) is 75.1 cm³/mol. The second-order valence-corrected chi connectivity index (χ2v) is 6.16. The van der Waals surface area contributed by atoms with Crippen molar-refractivity contribution < 1.29 is 0 Å². The summed E-state index contributed by atoms with van der Waals surface area (Å²) in [6.45, 7) is 3.79. The van der Waals surface area contributed by atoms with Gasteiger partial charge in [-0.1, -0.05) is 25.3 Å². The zero-order valence-corrected chi connectivity index (χ0v) is 11.5. The molecule has 1 nitrogen and oxygen atoms in total. The van der Waals surface area contributed by atoms with E-state index in [1.165, 1.54) is 51.4 Å². The van der Waals surface area contributed by atoms with Crippen molar-refractivity contribution in [2.45, 2.75) is 63.8 Å². The Hall–Kier alpha value is -0.300. The lowest BCUT2D eigenvalue weighted by Gasteiger charge is -2.30. The van der Waals surface area contributed by atoms with Crippen LogP contribution in [0.5, 0.6) is 0 Å². The van der Waals surface area contributed by atoms with Gasteiger partial charge in [0.2, 0.25) is 0 Å². The molecular formula is C16H29N. The molecule has 2 aliphatic carbocycles. The third-order valence-corrected chi connectivity index (χ3v) is 5.10. The van der Waals surface area contributed by atoms with E-state index in [0.29, 0.717) is 0 Å². The van der Waals surface area contributed by atoms with Gasteiger partial charge in [-0.15, -0.1) is 6.58 Å². The molecule has 0 aromatic rings. The summed E-state index contributed by atoms with van der Waals surface area (Å²) in [6, 6.07) is 0.800. The maximum Gasteiger partial charge on any atom is 0.00950 e. The normalized spacial score (nSPS) is 32.9. The molecule has 0 heterocycles. The summed E-state index contributed by atoms with van der Waals surface area (Å²) in [5.74, 6) is 3.14. The van der Waals surface area contributed by atoms with Crippen LogP contribution in [0.3, 0.4) is 0 Å². The number of unbranched alkanes of at least 4 members (excludes halogenated alkanes) is 3. The van der Waals surface area contributed by atoms with E-state index >= 15 is 0 Å². The van der Waals surface area contributed by atoms with Gasteiger partial charge in [0, 0.05) is 6.04 Å². The molecule has 0 radical (unpaired) electrons. The topological polar surface area (TPSA) is 12.0 Å². The molecule has 0 aromatic carbocycles. The van der Waals surface area contributed by atoms with Crippen molar-refractivity contribution in [2.24, 2.45) is 17.8 Å². The Bertz CT molecular complexity index is 236. The number of nitrogens with one attached hydrogen (secondary N) is 1. The molecule has 4 unspecified atom stereocenters. The Morgan fingerprint density at radius 1 is 1.24 bits per heavy atom. The molecule has 17 heavy (non-hydrogen) atoms. The van der Waals surface area contributed by atoms with E-state index in [1.807, 2.05) is 6.08 Å². The molecule has 0 saturated heterocycles. The summed E-state index contributed by atoms with van der Waals surface area (Å²) in [4.78, 5) is 0. The third-order valence-electron chi connectivity index (χ3n) is 5.10. The van der Waals surface area contributed by atoms with Gasteiger partial charge in [0.05, 0.1) is 0 Å². The molecule has 98 valence electrons. The SMILES string of the molecule is C=CCCCCCC(NC)C1CC2CCC1C2. The number of rotatable bonds is 8. The zero-order valence-electron chi connectivity index (χ0n) is 11.5. The van der Waals surface area contributed by atoms with Gasteiger partial charge in [0.25, 0.3) is 0 Å². The molecule has 0 spiro atoms. The lowest BCUT2D eigenvalue weighted by molar-refractivity contribution is 0.243. The average Bonchev–Trinajstić information content (AvgIpc) is 2.96. The monoisotopic (exact) mass is 235 g/mol. The highest BCUT2D eigenvalue weighted by atomic mass is 14.9. The van der Waals surface area contributed by atoms with Gasteiger partial charge in [0.1, 0.15) is 0 Å². The molecule has 0 aliphatic heterocycles. The maximum absolute atomic E-state index is 3.79. The third kappa shape index (κ3) is 3.34. The Kier molecular flexibility index (Phi) is 5.09. The van der Waals surface area contributed by atoms with Crippen molar-refractivity contribution in [3.63, 3.8) is 0 Å². The second kappa shape index (κ2) is 6.58. The molecule has 2 aliphatic rings. The molecular weight excluding hydrogens is 206 g/mol. The molecule has 2 bridgehead atoms. The molecule has 1 N–H and O–H groups in total. The molecule has 0 amide bonds. The van der Waals surface area contributed by atoms with Crippen molar-refractivity contribution in [3.8, 4) is 0 Å². The number of hydrogen-bond acceptors (Lipinski definition) is 1. The van der Waals surface area contributed by atoms with Gasteiger partial charge in [0.15, 0.2) is 0 Å². The fraction of sp³-hybridized carbons (Fsp3) is 0.875. The standard InChI is InChI=1S/C16H29N/c1-3-4-5-6-7-8-16(17-2)15-12-13-9-10-14(15)11-13/h3,13-17H,1,4-12H2,2H3. The lowest BCUT2D eigenvalue weighted by atomic mass is 9.81. The smallest absolute Gasteiger partial charge is 0.00950 e. The van der Waals surface area contributed by atoms with Gasteiger partial charge in [-0.25, -0.2) is 0 Å². The van der Waals surface area contributed by atoms with Crippen LogP contribution in [0, 0.1) is 17.8 Å². The molecule has 2 rings (SSSR count). The van der Waals surface area contributed by atoms with Crippen LogP contribution >= 0.6 is 0 Å². The van der Waals surface area contributed by atoms with Gasteiger partial charge in [-0.05, 0) is 63.3 Å². The first-order chi connectivity index (χ1) is 8.35. The highest BCUT2D eigenvalue weighted by molar-refractivity contribution is 4.94. The van der Waals surface area contributed by atoms with Gasteiger partial charge >= 0.3 is 0 Å². The molecule has 2 fully saturated rings. The first-order valence-electron chi connectivity index (χ1n) is 7.63. The van der Waals surface area contributed by atoms with Crippen LogP contribution in [0.1, 0.15) is 57.8 Å². The Morgan fingerprint density at radius 3 is 2.71 bits per heavy atom. The highest BCUT2D eigenvalue weighted by Crippen LogP contribution is 2.50. The van der Waals surface area contributed by atoms with Crippen molar-refractivity contribution in [3.05, 3.63) is 12.7 Å². The molecule has 1 heteroatoms. The fourth-order valence-corrected chi connectivity index (χ4v) is 4.19. The van der Waals surface area contributed by atoms with Crippen LogP contribution in [-0.2, 0) is 0 Å². The van der Waals surface area contributed by atoms with Gasteiger partial charge in [-0.3, -0.25) is 0 Å². The largest absolute Gasteiger partial charge is 0.317 e. The minimum Gasteiger partial charge on any atom is -0.317 e. The number of allylic oxidation sites excluding steroid dienone is 1. The van der Waals surface area contributed by atoms with Gasteiger partial charge < -0.3 is 5.32 Å². The van der Waals surface area contributed by atoms with Crippen molar-refractivity contribution in [2.75, 3.05) is 7.05 Å². The fourth-order valence-electron chi connectivity index (χ4n) is 4.19. The van der Waals surface area contributed by atoms with E-state index in [1.54, 1.807) is 6.42 Å². The quantitative estimate of drug-likeness (QED) is 0.492. The van der Waals surface area contributed by atoms with E-state index in [-0.39, 0.29) is 0 Å². The molecule has 4 atom stereocenters. The van der Waals surface area contributed by atoms with Crippen LogP contribution in [0.4, 0.5) is 0 Å². The van der Waals surface area contributed by atoms with E-state index in [9.17, 15) is 0 Å². The first kappa shape index (κ1) is 13.1. The zero-order chi connectivity index (χ0) is 12.1. The first-order valence-corrected chi connectivity index (χ1v) is 7.63. The minimum absolute atomic E-state index is 0.800. The van der Waals surface area contributed by atoms with E-state index < -0.39 is 0 Å². The van der Waals surface area contributed by atoms with E-state index in [4.69, 9.17) is 0 Å². The van der Waals surface area contributed by atoms with Crippen LogP contribution in [0.15, 0.2) is 12.7 Å². The summed E-state index contributed by atoms with van der Waals surface area (Å²) in [7, 11) is 2.17. The maximum atomic E-state index is 3.79. The summed E-state index contributed by atoms with van der Waals surface area (Å²) in [6.07, 6.45) is 14.8. The highest BCUT2D eigenvalue weighted by Gasteiger charge is 2.42. The summed E-state index contributed by atoms with van der Waals surface area (Å²) < 4.78 is 0. The minimum atomic E-state index is 0.800. The molecule has 0 aromatic heterocycles. The number of hydrogen-bond donors (Lipinski definition) is 1. The molecule has 2 saturated carbocycles. The van der Waals surface area contributed by atoms with Crippen LogP contribution in [0.2, 0.25) is 0 Å². The van der Waals surface area contributed by atoms with Crippen LogP contribution in [0.25, 0.3) is 0 Å². The van der Waals surface area contributed by atoms with E-state index in [2.05, 4.69) is 18.9 Å². The number of fused-ring (bicyclic) bond motifs is 2. The second-order valence-electron chi connectivity index (χ2n) is 6.16. The van der Waals surface area contributed by atoms with E-state index in [0.717, 1.165) is 23.8 Å². The predicted octanol–water partition coefficient (Wildman–Crippen LogP) is 4.15. The summed E-state index contributed by atoms with van der Waals surface area (Å²) in [5.41, 5.74) is 0. The van der Waals surface area contributed by atoms with Crippen LogP contribution < -0.4 is 5.32 Å². The van der Waals surface area contributed by atoms with Crippen molar-refractivity contribution in [1.29, 1.82) is 0 Å². The van der Waals surface area contributed by atoms with Gasteiger partial charge in [-0.2, -0.15) is 0 Å². The Balaban J connectivity index is 1.68. The van der Waals surface area contributed by atoms with Crippen LogP contribution in [-0.4, -0.2) is 13.1 Å². The van der Waals surface area contributed by atoms with Crippen molar-refractivity contribution in [1.82, 2.24) is 5.32 Å².